The summed E-state index contributed by atoms with van der Waals surface area (Å²) in [5, 5.41) is 0. The van der Waals surface area contributed by atoms with Gasteiger partial charge in [-0.05, 0) is 6.43 Å². The van der Waals surface area contributed by atoms with Crippen molar-refractivity contribution in [2.45, 2.75) is 6.92 Å². The van der Waals surface area contributed by atoms with Gasteiger partial charge >= 0.3 is 19.5 Å². The van der Waals surface area contributed by atoms with E-state index in [1.54, 1.807) is 0 Å². The second-order valence-electron chi connectivity index (χ2n) is 0.449. The zero-order valence-electron chi connectivity index (χ0n) is 2.96. The molecule has 5 heavy (non-hydrogen) atoms. The van der Waals surface area contributed by atoms with Crippen LogP contribution < -0.4 is 0 Å². The molecule has 0 aromatic carbocycles. The van der Waals surface area contributed by atoms with Crippen LogP contribution in [-0.2, 0) is 19.5 Å². The topological polar surface area (TPSA) is 0 Å². The van der Waals surface area contributed by atoms with Crippen molar-refractivity contribution >= 4 is 0 Å². The van der Waals surface area contributed by atoms with Gasteiger partial charge in [-0.15, -0.1) is 6.92 Å². The first-order valence-corrected chi connectivity index (χ1v) is 0.878. The van der Waals surface area contributed by atoms with E-state index in [1.807, 2.05) is 0 Å². The van der Waals surface area contributed by atoms with E-state index in [-0.39, 0.29) is 19.5 Å². The Hall–Kier alpha value is 0.483. The Morgan fingerprint density at radius 3 is 1.40 bits per heavy atom. The number of halogens is 2. The molecule has 0 aromatic rings. The van der Waals surface area contributed by atoms with Crippen molar-refractivity contribution < 1.29 is 28.3 Å². The van der Waals surface area contributed by atoms with E-state index < -0.39 is 6.43 Å². The fourth-order valence-corrected chi connectivity index (χ4v) is 0. The molecule has 0 rings (SSSR count). The average Bonchev–Trinajstić information content (AvgIpc) is 0.811. The molecule has 0 aliphatic rings. The summed E-state index contributed by atoms with van der Waals surface area (Å²) < 4.78 is 20.5. The van der Waals surface area contributed by atoms with Crippen LogP contribution in [-0.4, -0.2) is 0 Å². The van der Waals surface area contributed by atoms with Crippen molar-refractivity contribution in [2.24, 2.45) is 0 Å². The molecule has 0 unspecified atom stereocenters. The quantitative estimate of drug-likeness (QED) is 0.344. The molecule has 0 saturated carbocycles. The van der Waals surface area contributed by atoms with E-state index in [9.17, 15) is 8.78 Å². The van der Waals surface area contributed by atoms with Crippen LogP contribution in [0.1, 0.15) is 6.92 Å². The third-order valence-corrected chi connectivity index (χ3v) is 0. The van der Waals surface area contributed by atoms with Crippen molar-refractivity contribution in [1.82, 2.24) is 0 Å². The smallest absolute Gasteiger partial charge is 0.422 e. The zero-order chi connectivity index (χ0) is 3.58. The van der Waals surface area contributed by atoms with E-state index in [0.717, 1.165) is 6.92 Å². The second kappa shape index (κ2) is 4.48. The van der Waals surface area contributed by atoms with Crippen LogP contribution in [0.2, 0.25) is 0 Å². The molecule has 0 amide bonds. The normalized spacial score (nSPS) is 7.20. The maximum Gasteiger partial charge on any atom is 2.00 e. The monoisotopic (exact) mass is 129 g/mol. The summed E-state index contributed by atoms with van der Waals surface area (Å²) in [7, 11) is 0. The van der Waals surface area contributed by atoms with Crippen molar-refractivity contribution in [3.05, 3.63) is 6.43 Å². The minimum absolute atomic E-state index is 0. The maximum atomic E-state index is 10.2. The van der Waals surface area contributed by atoms with E-state index in [4.69, 9.17) is 0 Å². The van der Waals surface area contributed by atoms with Gasteiger partial charge in [0.1, 0.15) is 0 Å². The van der Waals surface area contributed by atoms with Gasteiger partial charge in [-0.1, -0.05) is 0 Å². The molecule has 0 aliphatic heterocycles. The Kier molecular flexibility index (Phi) is 8.15. The van der Waals surface area contributed by atoms with Crippen LogP contribution >= 0.6 is 0 Å². The molecule has 0 N–H and O–H groups in total. The average molecular weight is 130 g/mol. The molecule has 0 aromatic heterocycles. The van der Waals surface area contributed by atoms with Crippen LogP contribution in [0.3, 0.4) is 0 Å². The molecule has 0 radical (unpaired) electrons. The second-order valence-corrected chi connectivity index (χ2v) is 0.449. The fraction of sp³-hybridized carbons (Fsp3) is 0.500. The Labute approximate surface area is 42.3 Å². The van der Waals surface area contributed by atoms with Gasteiger partial charge in [-0.25, -0.2) is 0 Å². The van der Waals surface area contributed by atoms with Crippen molar-refractivity contribution in [2.75, 3.05) is 0 Å². The van der Waals surface area contributed by atoms with Crippen LogP contribution in [0.4, 0.5) is 8.78 Å². The molecule has 0 fully saturated rings. The molecule has 26 valence electrons. The first-order valence-electron chi connectivity index (χ1n) is 0.878. The predicted octanol–water partition coefficient (Wildman–Crippen LogP) is 1.43. The van der Waals surface area contributed by atoms with Crippen LogP contribution in [0.15, 0.2) is 0 Å². The molecule has 3 heteroatoms. The fourth-order valence-electron chi connectivity index (χ4n) is 0. The minimum Gasteiger partial charge on any atom is -0.422 e. The van der Waals surface area contributed by atoms with Gasteiger partial charge in [0.05, 0.1) is 0 Å². The Morgan fingerprint density at radius 1 is 1.40 bits per heavy atom. The van der Waals surface area contributed by atoms with Gasteiger partial charge in [0.25, 0.3) is 0 Å². The molecule has 0 bridgehead atoms. The van der Waals surface area contributed by atoms with E-state index in [1.165, 1.54) is 0 Å². The van der Waals surface area contributed by atoms with Gasteiger partial charge in [-0.3, -0.25) is 0 Å². The van der Waals surface area contributed by atoms with E-state index in [2.05, 4.69) is 0 Å². The first kappa shape index (κ1) is 9.08. The van der Waals surface area contributed by atoms with Crippen molar-refractivity contribution in [3.63, 3.8) is 0 Å². The van der Waals surface area contributed by atoms with Gasteiger partial charge < -0.3 is 8.78 Å². The van der Waals surface area contributed by atoms with Gasteiger partial charge in [0.15, 0.2) is 0 Å². The number of rotatable bonds is 0. The molecule has 0 nitrogen and oxygen atoms in total. The number of hydrogen-bond acceptors (Lipinski definition) is 0. The zero-order valence-corrected chi connectivity index (χ0v) is 5.93. The summed E-state index contributed by atoms with van der Waals surface area (Å²) >= 11 is 0. The number of hydrogen-bond donors (Lipinski definition) is 0. The SMILES string of the molecule is C[C-](F)F.[Zn+2]. The van der Waals surface area contributed by atoms with Crippen LogP contribution in [0.25, 0.3) is 0 Å². The summed E-state index contributed by atoms with van der Waals surface area (Å²) in [5.74, 6) is 0. The summed E-state index contributed by atoms with van der Waals surface area (Å²) in [6, 6.07) is 0. The molecular weight excluding hydrogens is 127 g/mol. The minimum atomic E-state index is -1.58. The van der Waals surface area contributed by atoms with Crippen molar-refractivity contribution in [3.8, 4) is 0 Å². The summed E-state index contributed by atoms with van der Waals surface area (Å²) in [4.78, 5) is 0. The Balaban J connectivity index is 0. The molecule has 0 aliphatic carbocycles. The van der Waals surface area contributed by atoms with Gasteiger partial charge in [0.2, 0.25) is 0 Å². The summed E-state index contributed by atoms with van der Waals surface area (Å²) in [6.45, 7) is 0.750. The third-order valence-electron chi connectivity index (χ3n) is 0. The van der Waals surface area contributed by atoms with Crippen LogP contribution in [0, 0.1) is 6.43 Å². The molecule has 0 heterocycles. The van der Waals surface area contributed by atoms with Crippen LogP contribution in [0.5, 0.6) is 0 Å². The standard InChI is InChI=1S/C2H3F2.Zn/c1-2(3)4;/h1H3;/q-1;+2. The van der Waals surface area contributed by atoms with Crippen molar-refractivity contribution in [1.29, 1.82) is 0 Å². The largest absolute Gasteiger partial charge is 2.00 e. The van der Waals surface area contributed by atoms with E-state index >= 15 is 0 Å². The molecular formula is C2H3F2Zn+. The Morgan fingerprint density at radius 2 is 1.40 bits per heavy atom. The third kappa shape index (κ3) is 118. The summed E-state index contributed by atoms with van der Waals surface area (Å²) in [5.41, 5.74) is 0. The maximum absolute atomic E-state index is 10.2. The van der Waals surface area contributed by atoms with Gasteiger partial charge in [-0.2, -0.15) is 0 Å². The van der Waals surface area contributed by atoms with E-state index in [0.29, 0.717) is 0 Å². The van der Waals surface area contributed by atoms with Gasteiger partial charge in [0, 0.05) is 0 Å². The Bertz CT molecular complexity index is 12.4. The predicted molar refractivity (Wildman–Crippen MR) is 11.1 cm³/mol. The summed E-state index contributed by atoms with van der Waals surface area (Å²) in [6.07, 6.45) is -1.58. The molecule has 0 spiro atoms. The molecule has 0 atom stereocenters. The molecule has 0 saturated heterocycles. The first-order chi connectivity index (χ1) is 1.73.